The van der Waals surface area contributed by atoms with Crippen LogP contribution in [0.4, 0.5) is 15.8 Å². The number of amides is 1. The van der Waals surface area contributed by atoms with Crippen LogP contribution in [0, 0.1) is 25.1 Å². The quantitative estimate of drug-likeness (QED) is 0.694. The molecule has 0 saturated heterocycles. The summed E-state index contributed by atoms with van der Waals surface area (Å²) in [4.78, 5) is 14.8. The van der Waals surface area contributed by atoms with Crippen molar-refractivity contribution in [2.75, 3.05) is 16.8 Å². The fraction of sp³-hybridized carbons (Fsp3) is 0.458. The van der Waals surface area contributed by atoms with E-state index in [-0.39, 0.29) is 17.1 Å². The van der Waals surface area contributed by atoms with E-state index >= 15 is 0 Å². The van der Waals surface area contributed by atoms with Gasteiger partial charge in [-0.05, 0) is 78.6 Å². The van der Waals surface area contributed by atoms with Crippen molar-refractivity contribution in [3.05, 3.63) is 52.3 Å². The number of halogens is 1. The molecule has 0 radical (unpaired) electrons. The Morgan fingerprint density at radius 2 is 1.79 bits per heavy atom. The Labute approximate surface area is 176 Å². The summed E-state index contributed by atoms with van der Waals surface area (Å²) in [6, 6.07) is 7.94. The van der Waals surface area contributed by atoms with Gasteiger partial charge in [-0.25, -0.2) is 4.39 Å². The Morgan fingerprint density at radius 3 is 2.41 bits per heavy atom. The van der Waals surface area contributed by atoms with Crippen molar-refractivity contribution >= 4 is 31.8 Å². The van der Waals surface area contributed by atoms with Crippen molar-refractivity contribution in [1.82, 2.24) is 0 Å². The number of hydrogen-bond donors (Lipinski definition) is 1. The van der Waals surface area contributed by atoms with Gasteiger partial charge >= 0.3 is 0 Å². The molecule has 29 heavy (non-hydrogen) atoms. The Kier molecular flexibility index (Phi) is 6.33. The number of nitrogens with zero attached hydrogens (tertiary/aromatic N) is 1. The third-order valence-corrected chi connectivity index (χ3v) is 5.83. The molecule has 2 aromatic carbocycles. The van der Waals surface area contributed by atoms with E-state index in [0.29, 0.717) is 11.7 Å². The Balaban J connectivity index is 1.84. The van der Waals surface area contributed by atoms with E-state index in [1.165, 1.54) is 5.56 Å². The maximum Gasteiger partial charge on any atom is 0.224 e. The summed E-state index contributed by atoms with van der Waals surface area (Å²) in [5.41, 5.74) is 6.45. The van der Waals surface area contributed by atoms with Crippen LogP contribution in [0.25, 0.3) is 0 Å². The van der Waals surface area contributed by atoms with Crippen molar-refractivity contribution in [3.63, 3.8) is 0 Å². The smallest absolute Gasteiger partial charge is 0.224 e. The van der Waals surface area contributed by atoms with E-state index < -0.39 is 0 Å². The molecule has 0 aliphatic carbocycles. The van der Waals surface area contributed by atoms with Crippen molar-refractivity contribution < 1.29 is 9.18 Å². The molecule has 1 unspecified atom stereocenters. The zero-order chi connectivity index (χ0) is 21.3. The van der Waals surface area contributed by atoms with Crippen LogP contribution < -0.4 is 15.5 Å². The summed E-state index contributed by atoms with van der Waals surface area (Å²) in [6.07, 6.45) is 2.38. The minimum atomic E-state index is -0.149. The molecular weight excluding hydrogens is 382 g/mol. The van der Waals surface area contributed by atoms with Gasteiger partial charge in [0.05, 0.1) is 0 Å². The van der Waals surface area contributed by atoms with Gasteiger partial charge in [-0.15, -0.1) is 9.24 Å². The molecule has 1 aliphatic rings. The summed E-state index contributed by atoms with van der Waals surface area (Å²) in [5.74, 6) is -0.0978. The first-order valence-electron chi connectivity index (χ1n) is 10.3. The Hall–Kier alpha value is -1.93. The maximum absolute atomic E-state index is 13.9. The standard InChI is InChI=1S/C24H32FN2OP/c1-15-9-19(10-16(2)23(15)26-22(28)13-24(3,4)5)27-8-6-7-17-11-20(25)21(29)12-18(17)14-27/h9-12H,6-8,13-14,29H2,1-5H3,(H,26,28). The van der Waals surface area contributed by atoms with E-state index in [1.54, 1.807) is 6.07 Å². The molecule has 0 fully saturated rings. The molecule has 1 aliphatic heterocycles. The summed E-state index contributed by atoms with van der Waals surface area (Å²) in [7, 11) is 2.49. The van der Waals surface area contributed by atoms with E-state index in [1.807, 2.05) is 19.9 Å². The fourth-order valence-corrected chi connectivity index (χ4v) is 4.29. The van der Waals surface area contributed by atoms with Crippen LogP contribution in [0.15, 0.2) is 24.3 Å². The van der Waals surface area contributed by atoms with Gasteiger partial charge in [-0.3, -0.25) is 4.79 Å². The number of fused-ring (bicyclic) bond motifs is 1. The van der Waals surface area contributed by atoms with E-state index in [9.17, 15) is 9.18 Å². The fourth-order valence-electron chi connectivity index (χ4n) is 4.01. The molecule has 0 spiro atoms. The molecule has 1 N–H and O–H groups in total. The monoisotopic (exact) mass is 414 g/mol. The van der Waals surface area contributed by atoms with Crippen molar-refractivity contribution in [1.29, 1.82) is 0 Å². The highest BCUT2D eigenvalue weighted by molar-refractivity contribution is 7.27. The average molecular weight is 415 g/mol. The topological polar surface area (TPSA) is 32.3 Å². The summed E-state index contributed by atoms with van der Waals surface area (Å²) >= 11 is 0. The van der Waals surface area contributed by atoms with E-state index in [4.69, 9.17) is 0 Å². The predicted molar refractivity (Wildman–Crippen MR) is 124 cm³/mol. The van der Waals surface area contributed by atoms with Gasteiger partial charge in [-0.1, -0.05) is 20.8 Å². The second kappa shape index (κ2) is 8.44. The molecule has 3 nitrogen and oxygen atoms in total. The lowest BCUT2D eigenvalue weighted by atomic mass is 9.92. The molecular formula is C24H32FN2OP. The van der Waals surface area contributed by atoms with E-state index in [0.717, 1.165) is 54.0 Å². The first-order chi connectivity index (χ1) is 13.5. The highest BCUT2D eigenvalue weighted by Crippen LogP contribution is 2.31. The van der Waals surface area contributed by atoms with Gasteiger partial charge in [0, 0.05) is 36.2 Å². The van der Waals surface area contributed by atoms with Gasteiger partial charge in [0.25, 0.3) is 0 Å². The maximum atomic E-state index is 13.9. The Bertz CT molecular complexity index is 910. The van der Waals surface area contributed by atoms with Crippen molar-refractivity contribution in [3.8, 4) is 0 Å². The number of nitrogens with one attached hydrogen (secondary N) is 1. The highest BCUT2D eigenvalue weighted by atomic mass is 31.0. The number of carbonyl (C=O) groups excluding carboxylic acids is 1. The number of carbonyl (C=O) groups is 1. The molecule has 0 bridgehead atoms. The lowest BCUT2D eigenvalue weighted by molar-refractivity contribution is -0.117. The first-order valence-corrected chi connectivity index (χ1v) is 10.8. The summed E-state index contributed by atoms with van der Waals surface area (Å²) < 4.78 is 13.9. The molecule has 1 heterocycles. The number of hydrogen-bond acceptors (Lipinski definition) is 2. The number of rotatable bonds is 3. The second-order valence-corrected chi connectivity index (χ2v) is 10.0. The number of anilines is 2. The zero-order valence-corrected chi connectivity index (χ0v) is 19.3. The number of aryl methyl sites for hydroxylation is 3. The van der Waals surface area contributed by atoms with Crippen LogP contribution in [0.1, 0.15) is 55.9 Å². The summed E-state index contributed by atoms with van der Waals surface area (Å²) in [5, 5.41) is 3.73. The van der Waals surface area contributed by atoms with Crippen LogP contribution >= 0.6 is 9.24 Å². The van der Waals surface area contributed by atoms with Gasteiger partial charge in [0.1, 0.15) is 5.82 Å². The van der Waals surface area contributed by atoms with Gasteiger partial charge in [0.2, 0.25) is 5.91 Å². The van der Waals surface area contributed by atoms with Crippen molar-refractivity contribution in [2.45, 2.75) is 60.4 Å². The van der Waals surface area contributed by atoms with Crippen LogP contribution in [0.2, 0.25) is 0 Å². The van der Waals surface area contributed by atoms with Crippen LogP contribution in [-0.4, -0.2) is 12.5 Å². The normalized spacial score (nSPS) is 14.4. The third kappa shape index (κ3) is 5.36. The predicted octanol–water partition coefficient (Wildman–Crippen LogP) is 5.27. The van der Waals surface area contributed by atoms with Crippen LogP contribution in [0.3, 0.4) is 0 Å². The molecule has 0 saturated carbocycles. The minimum Gasteiger partial charge on any atom is -0.367 e. The molecule has 5 heteroatoms. The van der Waals surface area contributed by atoms with Gasteiger partial charge in [-0.2, -0.15) is 0 Å². The number of benzene rings is 2. The van der Waals surface area contributed by atoms with Crippen LogP contribution in [0.5, 0.6) is 0 Å². The molecule has 0 aromatic heterocycles. The highest BCUT2D eigenvalue weighted by Gasteiger charge is 2.20. The first kappa shape index (κ1) is 21.8. The zero-order valence-electron chi connectivity index (χ0n) is 18.2. The third-order valence-electron chi connectivity index (χ3n) is 5.39. The molecule has 1 amide bonds. The molecule has 1 atom stereocenters. The van der Waals surface area contributed by atoms with Gasteiger partial charge in [0.15, 0.2) is 0 Å². The SMILES string of the molecule is Cc1cc(N2CCCc3cc(F)c(P)cc3C2)cc(C)c1NC(=O)CC(C)(C)C. The lowest BCUT2D eigenvalue weighted by Crippen LogP contribution is -2.24. The van der Waals surface area contributed by atoms with Crippen LogP contribution in [-0.2, 0) is 17.8 Å². The van der Waals surface area contributed by atoms with Crippen molar-refractivity contribution in [2.24, 2.45) is 5.41 Å². The molecule has 2 aromatic rings. The van der Waals surface area contributed by atoms with Gasteiger partial charge < -0.3 is 10.2 Å². The molecule has 3 rings (SSSR count). The molecule has 156 valence electrons. The lowest BCUT2D eigenvalue weighted by Gasteiger charge is -2.26. The largest absolute Gasteiger partial charge is 0.367 e. The average Bonchev–Trinajstić information content (AvgIpc) is 2.79. The van der Waals surface area contributed by atoms with E-state index in [2.05, 4.69) is 52.4 Å². The minimum absolute atomic E-state index is 0.0405. The summed E-state index contributed by atoms with van der Waals surface area (Å²) in [6.45, 7) is 12.0. The Morgan fingerprint density at radius 1 is 1.14 bits per heavy atom. The second-order valence-electron chi connectivity index (χ2n) is 9.41.